The van der Waals surface area contributed by atoms with Gasteiger partial charge in [-0.25, -0.2) is 22.0 Å². The number of rotatable bonds is 1. The van der Waals surface area contributed by atoms with Gasteiger partial charge in [0.2, 0.25) is 5.82 Å². The maximum atomic E-state index is 13.7. The van der Waals surface area contributed by atoms with E-state index in [1.54, 1.807) is 0 Å². The maximum Gasteiger partial charge on any atom is 0.200 e. The molecule has 1 aromatic carbocycles. The summed E-state index contributed by atoms with van der Waals surface area (Å²) in [6, 6.07) is 0.124. The molecular formula is C13H15F5N2. The van der Waals surface area contributed by atoms with E-state index in [4.69, 9.17) is 0 Å². The van der Waals surface area contributed by atoms with Gasteiger partial charge in [-0.3, -0.25) is 0 Å². The SMILES string of the molecule is CC1CCN(c2c(F)c(F)c(F)c(F)c2F)CCCN1. The Morgan fingerprint density at radius 2 is 1.45 bits per heavy atom. The minimum absolute atomic E-state index is 0.124. The maximum absolute atomic E-state index is 13.7. The van der Waals surface area contributed by atoms with Crippen molar-refractivity contribution >= 4 is 5.69 Å². The summed E-state index contributed by atoms with van der Waals surface area (Å²) in [5, 5.41) is 3.20. The number of hydrogen-bond donors (Lipinski definition) is 1. The third kappa shape index (κ3) is 2.72. The van der Waals surface area contributed by atoms with Crippen LogP contribution in [0.25, 0.3) is 0 Å². The minimum atomic E-state index is -2.12. The monoisotopic (exact) mass is 294 g/mol. The van der Waals surface area contributed by atoms with Crippen molar-refractivity contribution in [1.29, 1.82) is 0 Å². The Kier molecular flexibility index (Phi) is 4.47. The van der Waals surface area contributed by atoms with E-state index >= 15 is 0 Å². The standard InChI is InChI=1S/C13H15F5N2/c1-7-3-6-20(5-2-4-19-7)13-11(17)9(15)8(14)10(16)12(13)18/h7,19H,2-6H2,1H3. The minimum Gasteiger partial charge on any atom is -0.366 e. The molecule has 1 unspecified atom stereocenters. The van der Waals surface area contributed by atoms with Crippen LogP contribution in [-0.4, -0.2) is 25.7 Å². The molecule has 1 heterocycles. The van der Waals surface area contributed by atoms with Crippen molar-refractivity contribution in [3.05, 3.63) is 29.1 Å². The topological polar surface area (TPSA) is 15.3 Å². The number of nitrogens with zero attached hydrogens (tertiary/aromatic N) is 1. The molecule has 1 aromatic rings. The molecule has 0 saturated carbocycles. The Morgan fingerprint density at radius 1 is 0.900 bits per heavy atom. The fourth-order valence-corrected chi connectivity index (χ4v) is 2.28. The van der Waals surface area contributed by atoms with Gasteiger partial charge in [0.15, 0.2) is 23.3 Å². The summed E-state index contributed by atoms with van der Waals surface area (Å²) >= 11 is 0. The molecule has 0 spiro atoms. The highest BCUT2D eigenvalue weighted by Crippen LogP contribution is 2.30. The fraction of sp³-hybridized carbons (Fsp3) is 0.538. The van der Waals surface area contributed by atoms with Crippen molar-refractivity contribution in [2.45, 2.75) is 25.8 Å². The molecule has 1 atom stereocenters. The van der Waals surface area contributed by atoms with Crippen LogP contribution in [0.5, 0.6) is 0 Å². The van der Waals surface area contributed by atoms with Crippen LogP contribution in [0, 0.1) is 29.1 Å². The van der Waals surface area contributed by atoms with Gasteiger partial charge in [-0.2, -0.15) is 0 Å². The summed E-state index contributed by atoms with van der Waals surface area (Å²) in [6.45, 7) is 3.00. The van der Waals surface area contributed by atoms with Crippen LogP contribution >= 0.6 is 0 Å². The van der Waals surface area contributed by atoms with E-state index in [1.807, 2.05) is 6.92 Å². The molecule has 1 N–H and O–H groups in total. The zero-order valence-corrected chi connectivity index (χ0v) is 10.9. The van der Waals surface area contributed by atoms with Crippen LogP contribution in [0.15, 0.2) is 0 Å². The summed E-state index contributed by atoms with van der Waals surface area (Å²) in [4.78, 5) is 1.23. The van der Waals surface area contributed by atoms with E-state index in [1.165, 1.54) is 4.90 Å². The molecular weight excluding hydrogens is 279 g/mol. The lowest BCUT2D eigenvalue weighted by Gasteiger charge is -2.30. The quantitative estimate of drug-likeness (QED) is 0.487. The van der Waals surface area contributed by atoms with E-state index in [0.717, 1.165) is 0 Å². The molecule has 1 aliphatic rings. The fourth-order valence-electron chi connectivity index (χ4n) is 2.28. The van der Waals surface area contributed by atoms with Gasteiger partial charge in [0.1, 0.15) is 5.69 Å². The van der Waals surface area contributed by atoms with Gasteiger partial charge in [0.05, 0.1) is 0 Å². The Bertz CT molecular complexity index is 477. The molecule has 0 aliphatic carbocycles. The van der Waals surface area contributed by atoms with E-state index in [-0.39, 0.29) is 19.1 Å². The molecule has 20 heavy (non-hydrogen) atoms. The van der Waals surface area contributed by atoms with Crippen molar-refractivity contribution in [2.75, 3.05) is 24.5 Å². The van der Waals surface area contributed by atoms with Crippen molar-refractivity contribution in [2.24, 2.45) is 0 Å². The third-order valence-electron chi connectivity index (χ3n) is 3.43. The number of anilines is 1. The van der Waals surface area contributed by atoms with Crippen LogP contribution in [0.3, 0.4) is 0 Å². The van der Waals surface area contributed by atoms with E-state index in [9.17, 15) is 22.0 Å². The normalized spacial score (nSPS) is 20.7. The average molecular weight is 294 g/mol. The van der Waals surface area contributed by atoms with Crippen LogP contribution in [0.4, 0.5) is 27.6 Å². The number of nitrogens with one attached hydrogen (secondary N) is 1. The molecule has 7 heteroatoms. The van der Waals surface area contributed by atoms with Crippen molar-refractivity contribution in [3.63, 3.8) is 0 Å². The summed E-state index contributed by atoms with van der Waals surface area (Å²) in [7, 11) is 0. The Labute approximate surface area is 113 Å². The highest BCUT2D eigenvalue weighted by molar-refractivity contribution is 5.50. The summed E-state index contributed by atoms with van der Waals surface area (Å²) in [5.41, 5.74) is -0.824. The highest BCUT2D eigenvalue weighted by atomic mass is 19.2. The Morgan fingerprint density at radius 3 is 2.05 bits per heavy atom. The van der Waals surface area contributed by atoms with Gasteiger partial charge < -0.3 is 10.2 Å². The molecule has 2 nitrogen and oxygen atoms in total. The molecule has 0 amide bonds. The lowest BCUT2D eigenvalue weighted by molar-refractivity contribution is 0.375. The molecule has 2 rings (SSSR count). The first-order valence-corrected chi connectivity index (χ1v) is 6.43. The largest absolute Gasteiger partial charge is 0.366 e. The van der Waals surface area contributed by atoms with E-state index in [2.05, 4.69) is 5.32 Å². The Hall–Kier alpha value is -1.37. The van der Waals surface area contributed by atoms with Gasteiger partial charge in [-0.15, -0.1) is 0 Å². The van der Waals surface area contributed by atoms with Gasteiger partial charge in [-0.1, -0.05) is 0 Å². The van der Waals surface area contributed by atoms with E-state index < -0.39 is 34.8 Å². The second kappa shape index (κ2) is 5.95. The molecule has 0 aromatic heterocycles. The first kappa shape index (κ1) is 15.0. The molecule has 1 fully saturated rings. The smallest absolute Gasteiger partial charge is 0.200 e. The first-order valence-electron chi connectivity index (χ1n) is 6.43. The second-order valence-electron chi connectivity index (χ2n) is 4.90. The number of halogens is 5. The van der Waals surface area contributed by atoms with Gasteiger partial charge in [0, 0.05) is 19.1 Å². The number of hydrogen-bond acceptors (Lipinski definition) is 2. The average Bonchev–Trinajstić information content (AvgIpc) is 2.41. The second-order valence-corrected chi connectivity index (χ2v) is 4.90. The third-order valence-corrected chi connectivity index (χ3v) is 3.43. The molecule has 0 radical (unpaired) electrons. The van der Waals surface area contributed by atoms with Crippen molar-refractivity contribution in [3.8, 4) is 0 Å². The van der Waals surface area contributed by atoms with E-state index in [0.29, 0.717) is 19.4 Å². The molecule has 0 bridgehead atoms. The Balaban J connectivity index is 2.40. The van der Waals surface area contributed by atoms with Crippen LogP contribution < -0.4 is 10.2 Å². The van der Waals surface area contributed by atoms with Crippen molar-refractivity contribution in [1.82, 2.24) is 5.32 Å². The van der Waals surface area contributed by atoms with Crippen LogP contribution in [0.1, 0.15) is 19.8 Å². The predicted molar refractivity (Wildman–Crippen MR) is 65.1 cm³/mol. The van der Waals surface area contributed by atoms with Crippen molar-refractivity contribution < 1.29 is 22.0 Å². The highest BCUT2D eigenvalue weighted by Gasteiger charge is 2.29. The first-order chi connectivity index (χ1) is 9.43. The summed E-state index contributed by atoms with van der Waals surface area (Å²) < 4.78 is 66.9. The molecule has 112 valence electrons. The zero-order valence-electron chi connectivity index (χ0n) is 10.9. The molecule has 1 aliphatic heterocycles. The van der Waals surface area contributed by atoms with Gasteiger partial charge >= 0.3 is 0 Å². The summed E-state index contributed by atoms with van der Waals surface area (Å²) in [5.74, 6) is -9.43. The lowest BCUT2D eigenvalue weighted by atomic mass is 10.1. The van der Waals surface area contributed by atoms with Crippen LogP contribution in [-0.2, 0) is 0 Å². The zero-order chi connectivity index (χ0) is 14.9. The lowest BCUT2D eigenvalue weighted by Crippen LogP contribution is -2.39. The molecule has 1 saturated heterocycles. The van der Waals surface area contributed by atoms with Crippen LogP contribution in [0.2, 0.25) is 0 Å². The summed E-state index contributed by atoms with van der Waals surface area (Å²) in [6.07, 6.45) is 1.11. The number of benzene rings is 1. The van der Waals surface area contributed by atoms with Gasteiger partial charge in [-0.05, 0) is 26.3 Å². The predicted octanol–water partition coefficient (Wildman–Crippen LogP) is 2.96. The van der Waals surface area contributed by atoms with Gasteiger partial charge in [0.25, 0.3) is 0 Å².